The summed E-state index contributed by atoms with van der Waals surface area (Å²) in [4.78, 5) is 20.6. The molecule has 5 nitrogen and oxygen atoms in total. The molecule has 0 aromatic carbocycles. The lowest BCUT2D eigenvalue weighted by Gasteiger charge is -1.99. The molecule has 1 amide bonds. The van der Waals surface area contributed by atoms with Crippen LogP contribution in [0.25, 0.3) is 0 Å². The molecule has 1 aliphatic rings. The fraction of sp³-hybridized carbons (Fsp3) is 0.600. The monoisotopic (exact) mass is 145 g/mol. The summed E-state index contributed by atoms with van der Waals surface area (Å²) in [5.74, 6) is -1.71. The molecule has 1 saturated heterocycles. The topological polar surface area (TPSA) is 86.6 Å². The predicted molar refractivity (Wildman–Crippen MR) is 30.2 cm³/mol. The summed E-state index contributed by atoms with van der Waals surface area (Å²) in [6.45, 7) is 0. The molecule has 56 valence electrons. The first-order chi connectivity index (χ1) is 4.61. The average Bonchev–Trinajstić information content (AvgIpc) is 2.13. The molecule has 1 aliphatic heterocycles. The molecule has 0 saturated carbocycles. The normalized spacial score (nSPS) is 31.9. The Bertz CT molecular complexity index is 178. The molecule has 0 aromatic rings. The van der Waals surface area contributed by atoms with Gasteiger partial charge in [-0.25, -0.2) is 4.79 Å². The summed E-state index contributed by atoms with van der Waals surface area (Å²) in [5, 5.41) is 19.2. The lowest BCUT2D eigenvalue weighted by atomic mass is 10.2. The number of hydrogen-bond acceptors (Lipinski definition) is 3. The molecule has 0 spiro atoms. The zero-order chi connectivity index (χ0) is 7.72. The summed E-state index contributed by atoms with van der Waals surface area (Å²) in [6, 6.07) is -0.914. The van der Waals surface area contributed by atoms with Crippen LogP contribution in [0.2, 0.25) is 0 Å². The van der Waals surface area contributed by atoms with Gasteiger partial charge in [-0.2, -0.15) is 0 Å². The Morgan fingerprint density at radius 2 is 2.30 bits per heavy atom. The van der Waals surface area contributed by atoms with Gasteiger partial charge in [-0.3, -0.25) is 4.79 Å². The first-order valence-corrected chi connectivity index (χ1v) is 2.82. The van der Waals surface area contributed by atoms with Gasteiger partial charge in [0.1, 0.15) is 12.1 Å². The zero-order valence-corrected chi connectivity index (χ0v) is 5.07. The number of carbonyl (C=O) groups excluding carboxylic acids is 1. The third-order valence-corrected chi connectivity index (χ3v) is 1.38. The van der Waals surface area contributed by atoms with Crippen LogP contribution in [0, 0.1) is 0 Å². The highest BCUT2D eigenvalue weighted by Gasteiger charge is 2.34. The third-order valence-electron chi connectivity index (χ3n) is 1.38. The van der Waals surface area contributed by atoms with Crippen molar-refractivity contribution >= 4 is 11.9 Å². The van der Waals surface area contributed by atoms with E-state index in [-0.39, 0.29) is 6.42 Å². The number of aliphatic hydroxyl groups is 1. The van der Waals surface area contributed by atoms with E-state index in [1.54, 1.807) is 0 Å². The highest BCUT2D eigenvalue weighted by Crippen LogP contribution is 2.06. The minimum Gasteiger partial charge on any atom is -0.480 e. The van der Waals surface area contributed by atoms with Gasteiger partial charge in [0.15, 0.2) is 0 Å². The standard InChI is InChI=1S/C5H7NO4/c7-3-1-2(5(9)10)6-4(3)8/h2-3,7H,1H2,(H,6,8)(H,9,10)/t2-,3-/m1/s1. The molecule has 0 aromatic heterocycles. The summed E-state index contributed by atoms with van der Waals surface area (Å²) < 4.78 is 0. The van der Waals surface area contributed by atoms with Crippen molar-refractivity contribution in [1.29, 1.82) is 0 Å². The molecule has 2 atom stereocenters. The van der Waals surface area contributed by atoms with Crippen LogP contribution in [-0.2, 0) is 9.59 Å². The highest BCUT2D eigenvalue weighted by molar-refractivity contribution is 5.90. The molecule has 0 unspecified atom stereocenters. The molecule has 5 heteroatoms. The van der Waals surface area contributed by atoms with Gasteiger partial charge in [-0.05, 0) is 0 Å². The van der Waals surface area contributed by atoms with Crippen molar-refractivity contribution in [2.24, 2.45) is 0 Å². The van der Waals surface area contributed by atoms with E-state index in [0.29, 0.717) is 0 Å². The van der Waals surface area contributed by atoms with E-state index in [9.17, 15) is 9.59 Å². The number of nitrogens with one attached hydrogen (secondary N) is 1. The largest absolute Gasteiger partial charge is 0.480 e. The van der Waals surface area contributed by atoms with Crippen molar-refractivity contribution in [3.63, 3.8) is 0 Å². The van der Waals surface area contributed by atoms with Crippen LogP contribution < -0.4 is 5.32 Å². The van der Waals surface area contributed by atoms with Crippen molar-refractivity contribution in [1.82, 2.24) is 5.32 Å². The van der Waals surface area contributed by atoms with Gasteiger partial charge < -0.3 is 15.5 Å². The Morgan fingerprint density at radius 3 is 2.50 bits per heavy atom. The quantitative estimate of drug-likeness (QED) is 0.411. The SMILES string of the molecule is O=C1N[C@@H](C(=O)O)C[C@H]1O. The summed E-state index contributed by atoms with van der Waals surface area (Å²) in [5.41, 5.74) is 0. The van der Waals surface area contributed by atoms with Crippen LogP contribution in [0.1, 0.15) is 6.42 Å². The number of carboxylic acids is 1. The lowest BCUT2D eigenvalue weighted by Crippen LogP contribution is -2.33. The van der Waals surface area contributed by atoms with Gasteiger partial charge >= 0.3 is 5.97 Å². The maximum Gasteiger partial charge on any atom is 0.326 e. The molecule has 0 aliphatic carbocycles. The van der Waals surface area contributed by atoms with E-state index in [1.165, 1.54) is 0 Å². The van der Waals surface area contributed by atoms with Crippen molar-refractivity contribution in [3.8, 4) is 0 Å². The number of amides is 1. The van der Waals surface area contributed by atoms with Gasteiger partial charge in [0.2, 0.25) is 5.91 Å². The van der Waals surface area contributed by atoms with E-state index < -0.39 is 24.0 Å². The zero-order valence-electron chi connectivity index (χ0n) is 5.07. The molecular formula is C5H7NO4. The second-order valence-corrected chi connectivity index (χ2v) is 2.15. The molecule has 1 heterocycles. The van der Waals surface area contributed by atoms with Gasteiger partial charge in [-0.1, -0.05) is 0 Å². The van der Waals surface area contributed by atoms with Gasteiger partial charge in [0.05, 0.1) is 0 Å². The molecule has 0 radical (unpaired) electrons. The summed E-state index contributed by atoms with van der Waals surface area (Å²) in [7, 11) is 0. The second kappa shape index (κ2) is 2.26. The van der Waals surface area contributed by atoms with Crippen LogP contribution in [0.5, 0.6) is 0 Å². The van der Waals surface area contributed by atoms with E-state index in [0.717, 1.165) is 0 Å². The lowest BCUT2D eigenvalue weighted by molar-refractivity contribution is -0.140. The van der Waals surface area contributed by atoms with Gasteiger partial charge in [0, 0.05) is 6.42 Å². The minimum atomic E-state index is -1.15. The smallest absolute Gasteiger partial charge is 0.326 e. The molecule has 1 rings (SSSR count). The van der Waals surface area contributed by atoms with Crippen LogP contribution >= 0.6 is 0 Å². The first-order valence-electron chi connectivity index (χ1n) is 2.82. The number of aliphatic hydroxyl groups excluding tert-OH is 1. The Kier molecular flexibility index (Phi) is 1.58. The van der Waals surface area contributed by atoms with Gasteiger partial charge in [-0.15, -0.1) is 0 Å². The number of carboxylic acid groups (broad SMARTS) is 1. The predicted octanol–water partition coefficient (Wildman–Crippen LogP) is -1.68. The summed E-state index contributed by atoms with van der Waals surface area (Å²) >= 11 is 0. The number of aliphatic carboxylic acids is 1. The fourth-order valence-electron chi connectivity index (χ4n) is 0.820. The maximum atomic E-state index is 10.5. The molecule has 10 heavy (non-hydrogen) atoms. The van der Waals surface area contributed by atoms with Crippen molar-refractivity contribution in [3.05, 3.63) is 0 Å². The Balaban J connectivity index is 2.57. The summed E-state index contributed by atoms with van der Waals surface area (Å²) in [6.07, 6.45) is -1.19. The first kappa shape index (κ1) is 7.01. The molecule has 1 fully saturated rings. The van der Waals surface area contributed by atoms with E-state index >= 15 is 0 Å². The third kappa shape index (κ3) is 1.08. The number of rotatable bonds is 1. The van der Waals surface area contributed by atoms with Crippen LogP contribution in [-0.4, -0.2) is 34.2 Å². The average molecular weight is 145 g/mol. The Labute approximate surface area is 56.7 Å². The fourth-order valence-corrected chi connectivity index (χ4v) is 0.820. The molecule has 3 N–H and O–H groups in total. The number of carbonyl (C=O) groups is 2. The van der Waals surface area contributed by atoms with Crippen LogP contribution in [0.3, 0.4) is 0 Å². The number of hydrogen-bond donors (Lipinski definition) is 3. The Hall–Kier alpha value is -1.10. The van der Waals surface area contributed by atoms with E-state index in [1.807, 2.05) is 0 Å². The van der Waals surface area contributed by atoms with E-state index in [2.05, 4.69) is 5.32 Å². The van der Waals surface area contributed by atoms with Crippen molar-refractivity contribution in [2.75, 3.05) is 0 Å². The van der Waals surface area contributed by atoms with Crippen molar-refractivity contribution in [2.45, 2.75) is 18.6 Å². The minimum absolute atomic E-state index is 0.0336. The highest BCUT2D eigenvalue weighted by atomic mass is 16.4. The van der Waals surface area contributed by atoms with E-state index in [4.69, 9.17) is 10.2 Å². The van der Waals surface area contributed by atoms with Crippen LogP contribution in [0.15, 0.2) is 0 Å². The van der Waals surface area contributed by atoms with Crippen LogP contribution in [0.4, 0.5) is 0 Å². The van der Waals surface area contributed by atoms with Gasteiger partial charge in [0.25, 0.3) is 0 Å². The Morgan fingerprint density at radius 1 is 1.70 bits per heavy atom. The maximum absolute atomic E-state index is 10.5. The molecule has 0 bridgehead atoms. The van der Waals surface area contributed by atoms with Crippen molar-refractivity contribution < 1.29 is 19.8 Å². The second-order valence-electron chi connectivity index (χ2n) is 2.15. The molecular weight excluding hydrogens is 138 g/mol.